The molecule has 1 aromatic carbocycles. The lowest BCUT2D eigenvalue weighted by atomic mass is 10.1. The Morgan fingerprint density at radius 1 is 1.32 bits per heavy atom. The van der Waals surface area contributed by atoms with E-state index in [9.17, 15) is 22.4 Å². The second-order valence-corrected chi connectivity index (χ2v) is 5.81. The highest BCUT2D eigenvalue weighted by Gasteiger charge is 2.37. The van der Waals surface area contributed by atoms with Crippen LogP contribution in [0.2, 0.25) is 5.02 Å². The van der Waals surface area contributed by atoms with Gasteiger partial charge in [-0.05, 0) is 18.2 Å². The molecule has 1 aliphatic heterocycles. The number of benzene rings is 1. The number of alkyl halides is 3. The molecule has 0 aliphatic carbocycles. The number of anilines is 1. The summed E-state index contributed by atoms with van der Waals surface area (Å²) in [6.45, 7) is 1.44. The summed E-state index contributed by atoms with van der Waals surface area (Å²) in [5, 5.41) is -0.154. The summed E-state index contributed by atoms with van der Waals surface area (Å²) in [6, 6.07) is 2.80. The van der Waals surface area contributed by atoms with Crippen molar-refractivity contribution in [2.24, 2.45) is 0 Å². The van der Waals surface area contributed by atoms with E-state index < -0.39 is 23.6 Å². The molecule has 1 saturated heterocycles. The molecule has 10 heteroatoms. The van der Waals surface area contributed by atoms with Gasteiger partial charge < -0.3 is 4.74 Å². The minimum absolute atomic E-state index is 0.154. The zero-order chi connectivity index (χ0) is 16.3. The van der Waals surface area contributed by atoms with Crippen LogP contribution in [-0.2, 0) is 10.9 Å². The van der Waals surface area contributed by atoms with E-state index in [0.29, 0.717) is 48.8 Å². The molecule has 0 unspecified atom stereocenters. The first-order chi connectivity index (χ1) is 10.3. The largest absolute Gasteiger partial charge is 0.418 e. The zero-order valence-corrected chi connectivity index (χ0v) is 12.6. The van der Waals surface area contributed by atoms with Gasteiger partial charge in [-0.25, -0.2) is 13.4 Å². The molecule has 0 bridgehead atoms. The second kappa shape index (κ2) is 7.03. The number of carbonyl (C=O) groups excluding carboxylic acids is 1. The maximum absolute atomic E-state index is 13.3. The van der Waals surface area contributed by atoms with Crippen molar-refractivity contribution in [3.05, 3.63) is 28.8 Å². The number of nitrogens with zero attached hydrogens (tertiary/aromatic N) is 2. The van der Waals surface area contributed by atoms with Crippen molar-refractivity contribution < 1.29 is 27.1 Å². The lowest BCUT2D eigenvalue weighted by molar-refractivity contribution is -0.137. The van der Waals surface area contributed by atoms with Gasteiger partial charge in [-0.2, -0.15) is 13.2 Å². The van der Waals surface area contributed by atoms with E-state index in [0.717, 1.165) is 6.07 Å². The van der Waals surface area contributed by atoms with Gasteiger partial charge in [0.15, 0.2) is 0 Å². The molecule has 1 aliphatic rings. The predicted octanol–water partition coefficient (Wildman–Crippen LogP) is 4.15. The summed E-state index contributed by atoms with van der Waals surface area (Å²) < 4.78 is 59.5. The number of hydrogen-bond acceptors (Lipinski definition) is 4. The monoisotopic (exact) mass is 358 g/mol. The highest BCUT2D eigenvalue weighted by Crippen LogP contribution is 2.41. The SMILES string of the molecule is O=C(F)N(SN1CCOCC1)c1ccc(Cl)cc1C(F)(F)F. The summed E-state index contributed by atoms with van der Waals surface area (Å²) in [6.07, 6.45) is -6.76. The maximum atomic E-state index is 13.3. The van der Waals surface area contributed by atoms with Gasteiger partial charge in [0.05, 0.1) is 24.5 Å². The first-order valence-electron chi connectivity index (χ1n) is 6.16. The highest BCUT2D eigenvalue weighted by molar-refractivity contribution is 7.99. The van der Waals surface area contributed by atoms with Crippen molar-refractivity contribution in [3.63, 3.8) is 0 Å². The molecule has 0 N–H and O–H groups in total. The van der Waals surface area contributed by atoms with E-state index in [-0.39, 0.29) is 5.02 Å². The molecule has 0 atom stereocenters. The third-order valence-corrected chi connectivity index (χ3v) is 4.14. The van der Waals surface area contributed by atoms with Crippen molar-refractivity contribution in [1.29, 1.82) is 0 Å². The fourth-order valence-corrected chi connectivity index (χ4v) is 2.85. The quantitative estimate of drug-likeness (QED) is 0.352. The third-order valence-electron chi connectivity index (χ3n) is 2.81. The molecule has 1 fully saturated rings. The topological polar surface area (TPSA) is 32.8 Å². The number of ether oxygens (including phenoxy) is 1. The fraction of sp³-hybridized carbons (Fsp3) is 0.417. The average Bonchev–Trinajstić information content (AvgIpc) is 2.45. The van der Waals surface area contributed by atoms with Gasteiger partial charge in [-0.15, -0.1) is 4.39 Å². The zero-order valence-electron chi connectivity index (χ0n) is 11.1. The Labute approximate surface area is 133 Å². The number of amides is 1. The van der Waals surface area contributed by atoms with E-state index in [1.54, 1.807) is 4.31 Å². The predicted molar refractivity (Wildman–Crippen MR) is 75.4 cm³/mol. The summed E-state index contributed by atoms with van der Waals surface area (Å²) in [4.78, 5) is 11.2. The molecule has 1 amide bonds. The molecular formula is C12H11ClF4N2O2S. The van der Waals surface area contributed by atoms with Crippen LogP contribution in [0.3, 0.4) is 0 Å². The van der Waals surface area contributed by atoms with Crippen LogP contribution in [0, 0.1) is 0 Å². The first-order valence-corrected chi connectivity index (χ1v) is 7.27. The lowest BCUT2D eigenvalue weighted by Crippen LogP contribution is -2.36. The van der Waals surface area contributed by atoms with E-state index in [1.165, 1.54) is 6.07 Å². The highest BCUT2D eigenvalue weighted by atomic mass is 35.5. The molecule has 2 rings (SSSR count). The van der Waals surface area contributed by atoms with Crippen molar-refractivity contribution in [2.75, 3.05) is 30.6 Å². The first kappa shape index (κ1) is 17.3. The van der Waals surface area contributed by atoms with Gasteiger partial charge in [0.25, 0.3) is 0 Å². The fourth-order valence-electron chi connectivity index (χ4n) is 1.83. The number of hydrogen-bond donors (Lipinski definition) is 0. The van der Waals surface area contributed by atoms with Crippen LogP contribution in [0.1, 0.15) is 5.56 Å². The van der Waals surface area contributed by atoms with Crippen molar-refractivity contribution in [2.45, 2.75) is 6.18 Å². The molecule has 122 valence electrons. The Bertz CT molecular complexity index is 552. The summed E-state index contributed by atoms with van der Waals surface area (Å²) in [5.74, 6) is 0. The van der Waals surface area contributed by atoms with Crippen LogP contribution in [0.15, 0.2) is 18.2 Å². The average molecular weight is 359 g/mol. The van der Waals surface area contributed by atoms with Crippen molar-refractivity contribution >= 4 is 35.6 Å². The lowest BCUT2D eigenvalue weighted by Gasteiger charge is -2.30. The van der Waals surface area contributed by atoms with Gasteiger partial charge in [-0.3, -0.25) is 0 Å². The summed E-state index contributed by atoms with van der Waals surface area (Å²) in [7, 11) is 0. The molecule has 22 heavy (non-hydrogen) atoms. The molecular weight excluding hydrogens is 348 g/mol. The second-order valence-electron chi connectivity index (χ2n) is 4.33. The molecule has 4 nitrogen and oxygen atoms in total. The number of carbonyl (C=O) groups is 1. The standard InChI is InChI=1S/C12H11ClF4N2O2S/c13-8-1-2-10(9(7-8)12(15,16)17)19(11(14)20)22-18-3-5-21-6-4-18/h1-2,7H,3-6H2. The third kappa shape index (κ3) is 4.25. The Morgan fingerprint density at radius 3 is 2.50 bits per heavy atom. The Hall–Kier alpha value is -1.03. The summed E-state index contributed by atoms with van der Waals surface area (Å²) >= 11 is 6.15. The van der Waals surface area contributed by atoms with Crippen LogP contribution in [0.4, 0.5) is 28.0 Å². The molecule has 1 heterocycles. The normalized spacial score (nSPS) is 16.6. The van der Waals surface area contributed by atoms with Gasteiger partial charge in [-0.1, -0.05) is 11.6 Å². The van der Waals surface area contributed by atoms with Crippen LogP contribution < -0.4 is 4.31 Å². The maximum Gasteiger partial charge on any atom is 0.418 e. The molecule has 0 radical (unpaired) electrons. The van der Waals surface area contributed by atoms with E-state index >= 15 is 0 Å². The van der Waals surface area contributed by atoms with E-state index in [2.05, 4.69) is 0 Å². The van der Waals surface area contributed by atoms with Crippen LogP contribution in [-0.4, -0.2) is 36.8 Å². The minimum Gasteiger partial charge on any atom is -0.379 e. The van der Waals surface area contributed by atoms with Gasteiger partial charge >= 0.3 is 12.3 Å². The van der Waals surface area contributed by atoms with E-state index in [4.69, 9.17) is 16.3 Å². The van der Waals surface area contributed by atoms with E-state index in [1.807, 2.05) is 0 Å². The Kier molecular flexibility index (Phi) is 5.54. The molecule has 0 spiro atoms. The van der Waals surface area contributed by atoms with Crippen LogP contribution >= 0.6 is 23.7 Å². The van der Waals surface area contributed by atoms with Gasteiger partial charge in [0.1, 0.15) is 0 Å². The Balaban J connectivity index is 2.33. The minimum atomic E-state index is -4.76. The van der Waals surface area contributed by atoms with Gasteiger partial charge in [0, 0.05) is 30.2 Å². The molecule has 1 aromatic rings. The van der Waals surface area contributed by atoms with Crippen molar-refractivity contribution in [1.82, 2.24) is 4.31 Å². The van der Waals surface area contributed by atoms with Crippen molar-refractivity contribution in [3.8, 4) is 0 Å². The Morgan fingerprint density at radius 2 is 1.95 bits per heavy atom. The number of rotatable bonds is 3. The number of halogens is 5. The van der Waals surface area contributed by atoms with Crippen LogP contribution in [0.25, 0.3) is 0 Å². The summed E-state index contributed by atoms with van der Waals surface area (Å²) in [5.41, 5.74) is -1.77. The van der Waals surface area contributed by atoms with Crippen LogP contribution in [0.5, 0.6) is 0 Å². The molecule has 0 saturated carbocycles. The molecule has 0 aromatic heterocycles. The number of morpholine rings is 1. The smallest absolute Gasteiger partial charge is 0.379 e. The van der Waals surface area contributed by atoms with Gasteiger partial charge in [0.2, 0.25) is 0 Å².